The second kappa shape index (κ2) is 6.60. The van der Waals surface area contributed by atoms with Crippen LogP contribution in [-0.2, 0) is 19.1 Å². The van der Waals surface area contributed by atoms with E-state index in [1.807, 2.05) is 13.0 Å². The maximum atomic E-state index is 12.9. The number of fused-ring (bicyclic) bond motifs is 1. The summed E-state index contributed by atoms with van der Waals surface area (Å²) in [5, 5.41) is 10.1. The van der Waals surface area contributed by atoms with Crippen LogP contribution in [0.15, 0.2) is 35.0 Å². The highest BCUT2D eigenvalue weighted by Gasteiger charge is 2.51. The lowest BCUT2D eigenvalue weighted by atomic mass is 9.61. The Morgan fingerprint density at radius 2 is 1.96 bits per heavy atom. The normalized spacial score (nSPS) is 37.2. The minimum absolute atomic E-state index is 0.0636. The average molecular weight is 358 g/mol. The molecule has 5 heteroatoms. The van der Waals surface area contributed by atoms with E-state index in [0.717, 1.165) is 37.0 Å². The quantitative estimate of drug-likeness (QED) is 0.816. The van der Waals surface area contributed by atoms with Gasteiger partial charge in [-0.2, -0.15) is 0 Å². The molecule has 0 aromatic carbocycles. The molecule has 5 unspecified atom stereocenters. The van der Waals surface area contributed by atoms with Crippen LogP contribution in [0.1, 0.15) is 45.4 Å². The lowest BCUT2D eigenvalue weighted by Gasteiger charge is -2.47. The van der Waals surface area contributed by atoms with E-state index >= 15 is 0 Å². The molecular weight excluding hydrogens is 332 g/mol. The van der Waals surface area contributed by atoms with Crippen LogP contribution < -0.4 is 0 Å². The van der Waals surface area contributed by atoms with Crippen molar-refractivity contribution in [3.8, 4) is 0 Å². The number of methoxy groups -OCH3 is 1. The molecule has 1 saturated carbocycles. The fourth-order valence-corrected chi connectivity index (χ4v) is 5.30. The molecule has 1 heterocycles. The standard InChI is InChI=1S/C21H26O5/c1-11-12(9-10-15(24)21(11)25-2)18-19-13(22)5-3-7-16(19)26-17-8-4-6-14(23)20(17)18/h9-12,16,18-19,24H,3-8H2,1-2H3. The van der Waals surface area contributed by atoms with Gasteiger partial charge >= 0.3 is 0 Å². The molecule has 4 rings (SSSR count). The Hall–Kier alpha value is -2.04. The molecule has 0 amide bonds. The number of hydrogen-bond donors (Lipinski definition) is 1. The van der Waals surface area contributed by atoms with Crippen molar-refractivity contribution < 1.29 is 24.2 Å². The van der Waals surface area contributed by atoms with Gasteiger partial charge in [-0.1, -0.05) is 13.0 Å². The number of ether oxygens (including phenoxy) is 2. The highest BCUT2D eigenvalue weighted by molar-refractivity contribution is 5.99. The molecule has 140 valence electrons. The van der Waals surface area contributed by atoms with E-state index in [-0.39, 0.29) is 47.1 Å². The fraction of sp³-hybridized carbons (Fsp3) is 0.619. The lowest BCUT2D eigenvalue weighted by Crippen LogP contribution is -2.49. The third-order valence-electron chi connectivity index (χ3n) is 6.46. The summed E-state index contributed by atoms with van der Waals surface area (Å²) >= 11 is 0. The summed E-state index contributed by atoms with van der Waals surface area (Å²) in [7, 11) is 1.55. The molecule has 1 fully saturated rings. The van der Waals surface area contributed by atoms with Gasteiger partial charge in [0.2, 0.25) is 0 Å². The monoisotopic (exact) mass is 358 g/mol. The van der Waals surface area contributed by atoms with Crippen LogP contribution in [0.2, 0.25) is 0 Å². The van der Waals surface area contributed by atoms with Crippen LogP contribution >= 0.6 is 0 Å². The van der Waals surface area contributed by atoms with Gasteiger partial charge in [0, 0.05) is 36.7 Å². The van der Waals surface area contributed by atoms with Gasteiger partial charge in [0.1, 0.15) is 23.4 Å². The van der Waals surface area contributed by atoms with Gasteiger partial charge in [-0.3, -0.25) is 9.59 Å². The number of aliphatic hydroxyl groups excluding tert-OH is 1. The highest BCUT2D eigenvalue weighted by Crippen LogP contribution is 2.50. The molecule has 26 heavy (non-hydrogen) atoms. The first-order chi connectivity index (χ1) is 12.5. The summed E-state index contributed by atoms with van der Waals surface area (Å²) in [4.78, 5) is 25.7. The SMILES string of the molecule is COC1=C(O)C=CC(C2C3=C(CCCC3=O)OC3CCCC(=O)C32)C1C. The first-order valence-corrected chi connectivity index (χ1v) is 9.64. The smallest absolute Gasteiger partial charge is 0.162 e. The molecule has 0 saturated heterocycles. The summed E-state index contributed by atoms with van der Waals surface area (Å²) in [6.07, 6.45) is 7.85. The minimum atomic E-state index is -0.278. The predicted octanol–water partition coefficient (Wildman–Crippen LogP) is 3.62. The Morgan fingerprint density at radius 1 is 1.15 bits per heavy atom. The van der Waals surface area contributed by atoms with Crippen molar-refractivity contribution in [2.45, 2.75) is 51.6 Å². The molecule has 0 aromatic rings. The number of hydrogen-bond acceptors (Lipinski definition) is 5. The molecule has 3 aliphatic carbocycles. The summed E-state index contributed by atoms with van der Waals surface area (Å²) in [5.41, 5.74) is 0.728. The Kier molecular flexibility index (Phi) is 4.41. The van der Waals surface area contributed by atoms with Crippen LogP contribution in [0.3, 0.4) is 0 Å². The second-order valence-electron chi connectivity index (χ2n) is 7.86. The molecule has 0 spiro atoms. The molecule has 0 bridgehead atoms. The number of aliphatic hydroxyl groups is 1. The number of ketones is 2. The van der Waals surface area contributed by atoms with Crippen LogP contribution in [0.25, 0.3) is 0 Å². The van der Waals surface area contributed by atoms with Crippen LogP contribution in [-0.4, -0.2) is 29.9 Å². The van der Waals surface area contributed by atoms with Gasteiger partial charge in [0.15, 0.2) is 11.5 Å². The predicted molar refractivity (Wildman–Crippen MR) is 95.1 cm³/mol. The number of rotatable bonds is 2. The summed E-state index contributed by atoms with van der Waals surface area (Å²) < 4.78 is 11.6. The number of carbonyl (C=O) groups excluding carboxylic acids is 2. The van der Waals surface area contributed by atoms with Crippen molar-refractivity contribution in [1.82, 2.24) is 0 Å². The van der Waals surface area contributed by atoms with E-state index < -0.39 is 0 Å². The van der Waals surface area contributed by atoms with Crippen LogP contribution in [0.5, 0.6) is 0 Å². The first-order valence-electron chi connectivity index (χ1n) is 9.64. The molecule has 5 atom stereocenters. The van der Waals surface area contributed by atoms with Crippen molar-refractivity contribution in [1.29, 1.82) is 0 Å². The minimum Gasteiger partial charge on any atom is -0.504 e. The average Bonchev–Trinajstić information content (AvgIpc) is 2.61. The third kappa shape index (κ3) is 2.60. The number of Topliss-reactive ketones (excluding diaryl/α,β-unsaturated/α-hetero) is 2. The van der Waals surface area contributed by atoms with Gasteiger partial charge in [0.25, 0.3) is 0 Å². The van der Waals surface area contributed by atoms with Gasteiger partial charge in [-0.15, -0.1) is 0 Å². The molecule has 1 aliphatic heterocycles. The molecule has 4 aliphatic rings. The lowest BCUT2D eigenvalue weighted by molar-refractivity contribution is -0.137. The van der Waals surface area contributed by atoms with Crippen molar-refractivity contribution in [2.24, 2.45) is 23.7 Å². The number of carbonyl (C=O) groups is 2. The Labute approximate surface area is 153 Å². The molecule has 0 aromatic heterocycles. The van der Waals surface area contributed by atoms with Crippen molar-refractivity contribution >= 4 is 11.6 Å². The van der Waals surface area contributed by atoms with Crippen LogP contribution in [0, 0.1) is 23.7 Å². The molecule has 1 N–H and O–H groups in total. The van der Waals surface area contributed by atoms with Crippen molar-refractivity contribution in [2.75, 3.05) is 7.11 Å². The zero-order valence-electron chi connectivity index (χ0n) is 15.4. The first kappa shape index (κ1) is 17.4. The van der Waals surface area contributed by atoms with Gasteiger partial charge in [-0.25, -0.2) is 0 Å². The zero-order chi connectivity index (χ0) is 18.4. The summed E-state index contributed by atoms with van der Waals surface area (Å²) in [6.45, 7) is 1.99. The molecular formula is C21H26O5. The van der Waals surface area contributed by atoms with E-state index in [0.29, 0.717) is 18.6 Å². The summed E-state index contributed by atoms with van der Waals surface area (Å²) in [5.74, 6) is 1.14. The number of allylic oxidation sites excluding steroid dienone is 5. The zero-order valence-corrected chi connectivity index (χ0v) is 15.4. The highest BCUT2D eigenvalue weighted by atomic mass is 16.5. The Balaban J connectivity index is 1.81. The molecule has 5 nitrogen and oxygen atoms in total. The van der Waals surface area contributed by atoms with Gasteiger partial charge in [-0.05, 0) is 31.3 Å². The Morgan fingerprint density at radius 3 is 2.73 bits per heavy atom. The topological polar surface area (TPSA) is 72.8 Å². The van der Waals surface area contributed by atoms with Crippen molar-refractivity contribution in [3.63, 3.8) is 0 Å². The second-order valence-corrected chi connectivity index (χ2v) is 7.86. The van der Waals surface area contributed by atoms with E-state index in [9.17, 15) is 14.7 Å². The largest absolute Gasteiger partial charge is 0.504 e. The van der Waals surface area contributed by atoms with E-state index in [1.54, 1.807) is 13.2 Å². The van der Waals surface area contributed by atoms with E-state index in [1.165, 1.54) is 0 Å². The fourth-order valence-electron chi connectivity index (χ4n) is 5.30. The summed E-state index contributed by atoms with van der Waals surface area (Å²) in [6, 6.07) is 0. The van der Waals surface area contributed by atoms with E-state index in [4.69, 9.17) is 9.47 Å². The Bertz CT molecular complexity index is 729. The van der Waals surface area contributed by atoms with Crippen LogP contribution in [0.4, 0.5) is 0 Å². The maximum Gasteiger partial charge on any atom is 0.162 e. The molecule has 0 radical (unpaired) electrons. The van der Waals surface area contributed by atoms with E-state index in [2.05, 4.69) is 0 Å². The third-order valence-corrected chi connectivity index (χ3v) is 6.46. The van der Waals surface area contributed by atoms with Gasteiger partial charge in [0.05, 0.1) is 13.0 Å². The van der Waals surface area contributed by atoms with Gasteiger partial charge < -0.3 is 14.6 Å². The maximum absolute atomic E-state index is 12.9. The van der Waals surface area contributed by atoms with Crippen molar-refractivity contribution in [3.05, 3.63) is 35.0 Å².